The van der Waals surface area contributed by atoms with E-state index in [1.165, 1.54) is 12.8 Å². The standard InChI is InChI=1S/C19H35N5O2.2ClH/c1-16(19(26)21-17-4-2-3-5-17)23-14-12-22(13-15-23)9-6-18(25)24-10-7-20-8-11-24;;/h16-17,20H,2-15H2,1H3,(H,21,26);2*1H. The highest BCUT2D eigenvalue weighted by molar-refractivity contribution is 5.85. The maximum Gasteiger partial charge on any atom is 0.237 e. The zero-order valence-electron chi connectivity index (χ0n) is 17.0. The van der Waals surface area contributed by atoms with Gasteiger partial charge in [0.15, 0.2) is 0 Å². The van der Waals surface area contributed by atoms with Crippen LogP contribution in [-0.2, 0) is 9.59 Å². The van der Waals surface area contributed by atoms with Gasteiger partial charge < -0.3 is 20.4 Å². The van der Waals surface area contributed by atoms with Gasteiger partial charge in [-0.05, 0) is 19.8 Å². The molecule has 2 heterocycles. The summed E-state index contributed by atoms with van der Waals surface area (Å²) in [6.45, 7) is 10.0. The Labute approximate surface area is 181 Å². The fourth-order valence-electron chi connectivity index (χ4n) is 4.26. The van der Waals surface area contributed by atoms with E-state index in [9.17, 15) is 9.59 Å². The van der Waals surface area contributed by atoms with Gasteiger partial charge in [0.25, 0.3) is 0 Å². The lowest BCUT2D eigenvalue weighted by Gasteiger charge is -2.38. The van der Waals surface area contributed by atoms with Crippen molar-refractivity contribution >= 4 is 36.6 Å². The van der Waals surface area contributed by atoms with Gasteiger partial charge in [0, 0.05) is 71.4 Å². The van der Waals surface area contributed by atoms with E-state index >= 15 is 0 Å². The van der Waals surface area contributed by atoms with Crippen molar-refractivity contribution in [3.8, 4) is 0 Å². The summed E-state index contributed by atoms with van der Waals surface area (Å²) in [6, 6.07) is 0.336. The Kier molecular flexibility index (Phi) is 11.7. The molecule has 1 saturated carbocycles. The van der Waals surface area contributed by atoms with Crippen LogP contribution in [0.1, 0.15) is 39.0 Å². The lowest BCUT2D eigenvalue weighted by atomic mass is 10.1. The first kappa shape index (κ1) is 25.4. The summed E-state index contributed by atoms with van der Waals surface area (Å²) in [4.78, 5) is 31.3. The number of carbonyl (C=O) groups excluding carboxylic acids is 2. The Hall–Kier alpha value is -0.600. The molecule has 3 rings (SSSR count). The smallest absolute Gasteiger partial charge is 0.237 e. The van der Waals surface area contributed by atoms with Crippen molar-refractivity contribution < 1.29 is 9.59 Å². The molecule has 28 heavy (non-hydrogen) atoms. The molecule has 2 N–H and O–H groups in total. The third-order valence-electron chi connectivity index (χ3n) is 6.15. The SMILES string of the molecule is CC(C(=O)NC1CCCC1)N1CCN(CCC(=O)N2CCNCC2)CC1.Cl.Cl. The summed E-state index contributed by atoms with van der Waals surface area (Å²) in [7, 11) is 0. The third kappa shape index (κ3) is 7.34. The summed E-state index contributed by atoms with van der Waals surface area (Å²) in [5.74, 6) is 0.456. The van der Waals surface area contributed by atoms with E-state index in [2.05, 4.69) is 20.4 Å². The molecule has 1 aliphatic carbocycles. The molecule has 1 atom stereocenters. The Bertz CT molecular complexity index is 477. The molecule has 0 bridgehead atoms. The van der Waals surface area contributed by atoms with E-state index in [-0.39, 0.29) is 42.7 Å². The van der Waals surface area contributed by atoms with Crippen molar-refractivity contribution in [2.45, 2.75) is 51.1 Å². The average molecular weight is 438 g/mol. The number of piperazine rings is 2. The Morgan fingerprint density at radius 2 is 1.61 bits per heavy atom. The summed E-state index contributed by atoms with van der Waals surface area (Å²) < 4.78 is 0. The van der Waals surface area contributed by atoms with Gasteiger partial charge >= 0.3 is 0 Å². The largest absolute Gasteiger partial charge is 0.352 e. The Morgan fingerprint density at radius 1 is 1.00 bits per heavy atom. The number of nitrogens with zero attached hydrogens (tertiary/aromatic N) is 3. The second-order valence-electron chi connectivity index (χ2n) is 7.92. The molecule has 164 valence electrons. The van der Waals surface area contributed by atoms with Crippen LogP contribution in [0.5, 0.6) is 0 Å². The number of carbonyl (C=O) groups is 2. The van der Waals surface area contributed by atoms with E-state index in [0.717, 1.165) is 71.7 Å². The highest BCUT2D eigenvalue weighted by atomic mass is 35.5. The van der Waals surface area contributed by atoms with Crippen molar-refractivity contribution in [2.75, 3.05) is 58.9 Å². The predicted molar refractivity (Wildman–Crippen MR) is 116 cm³/mol. The van der Waals surface area contributed by atoms with Gasteiger partial charge in [0.05, 0.1) is 6.04 Å². The zero-order chi connectivity index (χ0) is 18.4. The van der Waals surface area contributed by atoms with Crippen molar-refractivity contribution in [1.29, 1.82) is 0 Å². The second kappa shape index (κ2) is 12.9. The summed E-state index contributed by atoms with van der Waals surface area (Å²) in [6.07, 6.45) is 5.35. The Morgan fingerprint density at radius 3 is 2.21 bits per heavy atom. The first-order valence-corrected chi connectivity index (χ1v) is 10.4. The highest BCUT2D eigenvalue weighted by Crippen LogP contribution is 2.18. The molecular weight excluding hydrogens is 401 g/mol. The molecule has 3 fully saturated rings. The molecular formula is C19H37Cl2N5O2. The quantitative estimate of drug-likeness (QED) is 0.640. The molecule has 0 aromatic carbocycles. The van der Waals surface area contributed by atoms with Gasteiger partial charge in [-0.3, -0.25) is 14.5 Å². The molecule has 9 heteroatoms. The minimum Gasteiger partial charge on any atom is -0.352 e. The van der Waals surface area contributed by atoms with Gasteiger partial charge in [-0.15, -0.1) is 24.8 Å². The van der Waals surface area contributed by atoms with Gasteiger partial charge in [0.2, 0.25) is 11.8 Å². The van der Waals surface area contributed by atoms with Crippen LogP contribution in [0.15, 0.2) is 0 Å². The topological polar surface area (TPSA) is 67.9 Å². The number of halogens is 2. The molecule has 0 spiro atoms. The molecule has 2 saturated heterocycles. The molecule has 2 amide bonds. The second-order valence-corrected chi connectivity index (χ2v) is 7.92. The van der Waals surface area contributed by atoms with Crippen LogP contribution in [-0.4, -0.2) is 97.5 Å². The van der Waals surface area contributed by atoms with E-state index in [0.29, 0.717) is 12.5 Å². The van der Waals surface area contributed by atoms with Crippen LogP contribution < -0.4 is 10.6 Å². The summed E-state index contributed by atoms with van der Waals surface area (Å²) in [5.41, 5.74) is 0. The number of hydrogen-bond acceptors (Lipinski definition) is 5. The number of hydrogen-bond donors (Lipinski definition) is 2. The van der Waals surface area contributed by atoms with Gasteiger partial charge in [-0.2, -0.15) is 0 Å². The summed E-state index contributed by atoms with van der Waals surface area (Å²) in [5, 5.41) is 6.49. The van der Waals surface area contributed by atoms with Crippen molar-refractivity contribution in [3.63, 3.8) is 0 Å². The average Bonchev–Trinajstić information content (AvgIpc) is 3.19. The summed E-state index contributed by atoms with van der Waals surface area (Å²) >= 11 is 0. The van der Waals surface area contributed by atoms with Gasteiger partial charge in [0.1, 0.15) is 0 Å². The Balaban J connectivity index is 0.00000196. The molecule has 2 aliphatic heterocycles. The molecule has 1 unspecified atom stereocenters. The van der Waals surface area contributed by atoms with Crippen LogP contribution in [0.4, 0.5) is 0 Å². The maximum atomic E-state index is 12.4. The molecule has 0 aromatic rings. The fourth-order valence-corrected chi connectivity index (χ4v) is 4.26. The molecule has 3 aliphatic rings. The number of amides is 2. The van der Waals surface area contributed by atoms with Crippen molar-refractivity contribution in [2.24, 2.45) is 0 Å². The van der Waals surface area contributed by atoms with Crippen LogP contribution >= 0.6 is 24.8 Å². The first-order chi connectivity index (χ1) is 12.6. The number of rotatable bonds is 6. The maximum absolute atomic E-state index is 12.4. The van der Waals surface area contributed by atoms with E-state index < -0.39 is 0 Å². The lowest BCUT2D eigenvalue weighted by Crippen LogP contribution is -2.55. The van der Waals surface area contributed by atoms with E-state index in [1.54, 1.807) is 0 Å². The number of nitrogens with one attached hydrogen (secondary N) is 2. The van der Waals surface area contributed by atoms with Crippen molar-refractivity contribution in [1.82, 2.24) is 25.3 Å². The van der Waals surface area contributed by atoms with Gasteiger partial charge in [-0.1, -0.05) is 12.8 Å². The lowest BCUT2D eigenvalue weighted by molar-refractivity contribution is -0.132. The van der Waals surface area contributed by atoms with Crippen LogP contribution in [0, 0.1) is 0 Å². The minimum atomic E-state index is -0.0553. The van der Waals surface area contributed by atoms with Crippen molar-refractivity contribution in [3.05, 3.63) is 0 Å². The first-order valence-electron chi connectivity index (χ1n) is 10.4. The minimum absolute atomic E-state index is 0. The fraction of sp³-hybridized carbons (Fsp3) is 0.895. The van der Waals surface area contributed by atoms with Crippen LogP contribution in [0.25, 0.3) is 0 Å². The highest BCUT2D eigenvalue weighted by Gasteiger charge is 2.28. The van der Waals surface area contributed by atoms with Crippen LogP contribution in [0.3, 0.4) is 0 Å². The predicted octanol–water partition coefficient (Wildman–Crippen LogP) is 0.717. The molecule has 7 nitrogen and oxygen atoms in total. The van der Waals surface area contributed by atoms with E-state index in [1.807, 2.05) is 11.8 Å². The third-order valence-corrected chi connectivity index (χ3v) is 6.15. The normalized spacial score (nSPS) is 22.8. The van der Waals surface area contributed by atoms with E-state index in [4.69, 9.17) is 0 Å². The molecule has 0 aromatic heterocycles. The van der Waals surface area contributed by atoms with Crippen LogP contribution in [0.2, 0.25) is 0 Å². The molecule has 0 radical (unpaired) electrons. The van der Waals surface area contributed by atoms with Gasteiger partial charge in [-0.25, -0.2) is 0 Å². The monoisotopic (exact) mass is 437 g/mol. The zero-order valence-corrected chi connectivity index (χ0v) is 18.7.